The smallest absolute Gasteiger partial charge is 0.439 e. The molecule has 0 aliphatic carbocycles. The summed E-state index contributed by atoms with van der Waals surface area (Å²) in [7, 11) is 0. The first-order chi connectivity index (χ1) is 15.9. The van der Waals surface area contributed by atoms with Gasteiger partial charge in [-0.2, -0.15) is 5.10 Å². The van der Waals surface area contributed by atoms with Crippen LogP contribution in [0.3, 0.4) is 0 Å². The molecule has 0 unspecified atom stereocenters. The third-order valence-electron chi connectivity index (χ3n) is 5.06. The van der Waals surface area contributed by atoms with E-state index in [2.05, 4.69) is 24.7 Å². The second-order valence-electron chi connectivity index (χ2n) is 7.26. The van der Waals surface area contributed by atoms with Crippen molar-refractivity contribution in [2.24, 2.45) is 0 Å². The van der Waals surface area contributed by atoms with Crippen LogP contribution in [0.4, 0.5) is 14.6 Å². The summed E-state index contributed by atoms with van der Waals surface area (Å²) in [6, 6.07) is 10.4. The Morgan fingerprint density at radius 3 is 2.79 bits per heavy atom. The van der Waals surface area contributed by atoms with Gasteiger partial charge in [0, 0.05) is 35.0 Å². The number of ether oxygens (including phenoxy) is 1. The maximum atomic E-state index is 14.1. The lowest BCUT2D eigenvalue weighted by molar-refractivity contribution is 0.227. The molecule has 166 valence electrons. The van der Waals surface area contributed by atoms with Crippen LogP contribution in [0.25, 0.3) is 28.0 Å². The molecule has 0 radical (unpaired) electrons. The zero-order chi connectivity index (χ0) is 23.1. The van der Waals surface area contributed by atoms with Crippen LogP contribution in [0.5, 0.6) is 5.75 Å². The van der Waals surface area contributed by atoms with Crippen LogP contribution >= 0.6 is 0 Å². The van der Waals surface area contributed by atoms with Gasteiger partial charge in [0.1, 0.15) is 17.4 Å². The first-order valence-electron chi connectivity index (χ1n) is 9.81. The van der Waals surface area contributed by atoms with E-state index in [4.69, 9.17) is 10.5 Å². The molecular weight excluding hydrogens is 434 g/mol. The SMILES string of the molecule is C[C@H](Oc1cc2cc(F)cc(F)c2nc1N)c1cc(-c2noc(=O)[nH]2)ccc1-n1cccn1. The predicted molar refractivity (Wildman–Crippen MR) is 115 cm³/mol. The fourth-order valence-corrected chi connectivity index (χ4v) is 3.55. The molecule has 0 bridgehead atoms. The highest BCUT2D eigenvalue weighted by Crippen LogP contribution is 2.33. The number of nitrogens with two attached hydrogens (primary N) is 1. The molecule has 9 nitrogen and oxygen atoms in total. The Kier molecular flexibility index (Phi) is 4.85. The highest BCUT2D eigenvalue weighted by molar-refractivity contribution is 5.83. The summed E-state index contributed by atoms with van der Waals surface area (Å²) in [5.41, 5.74) is 7.90. The minimum absolute atomic E-state index is 0.0440. The molecule has 0 fully saturated rings. The Bertz CT molecular complexity index is 1530. The molecule has 11 heteroatoms. The van der Waals surface area contributed by atoms with Crippen LogP contribution in [-0.2, 0) is 0 Å². The number of benzene rings is 2. The van der Waals surface area contributed by atoms with E-state index >= 15 is 0 Å². The Labute approximate surface area is 184 Å². The first kappa shape index (κ1) is 20.4. The maximum absolute atomic E-state index is 14.1. The summed E-state index contributed by atoms with van der Waals surface area (Å²) in [5, 5.41) is 8.20. The molecule has 0 saturated heterocycles. The number of nitrogen functional groups attached to an aromatic ring is 1. The monoisotopic (exact) mass is 450 g/mol. The van der Waals surface area contributed by atoms with Crippen molar-refractivity contribution in [3.8, 4) is 22.8 Å². The van der Waals surface area contributed by atoms with Gasteiger partial charge in [-0.1, -0.05) is 5.16 Å². The standard InChI is InChI=1S/C22H16F2N6O3/c1-11(32-18-9-13-7-14(23)10-16(24)19(13)27-20(18)25)15-8-12(21-28-22(31)33-29-21)3-4-17(15)30-6-2-5-26-30/h2-11H,1H3,(H2,25,27)(H,28,29,31)/t11-/m0/s1. The van der Waals surface area contributed by atoms with Crippen molar-refractivity contribution in [2.45, 2.75) is 13.0 Å². The van der Waals surface area contributed by atoms with Gasteiger partial charge in [-0.3, -0.25) is 9.51 Å². The minimum Gasteiger partial charge on any atom is -0.482 e. The topological polar surface area (TPSA) is 125 Å². The van der Waals surface area contributed by atoms with Crippen LogP contribution in [0.15, 0.2) is 64.2 Å². The largest absolute Gasteiger partial charge is 0.482 e. The summed E-state index contributed by atoms with van der Waals surface area (Å²) in [6.07, 6.45) is 2.79. The summed E-state index contributed by atoms with van der Waals surface area (Å²) in [6.45, 7) is 1.77. The Hall–Kier alpha value is -4.54. The zero-order valence-electron chi connectivity index (χ0n) is 17.1. The van der Waals surface area contributed by atoms with Gasteiger partial charge in [0.15, 0.2) is 23.2 Å². The summed E-state index contributed by atoms with van der Waals surface area (Å²) in [4.78, 5) is 17.9. The van der Waals surface area contributed by atoms with E-state index in [0.29, 0.717) is 16.8 Å². The molecule has 0 saturated carbocycles. The molecule has 5 rings (SSSR count). The Balaban J connectivity index is 1.58. The quantitative estimate of drug-likeness (QED) is 0.418. The van der Waals surface area contributed by atoms with Crippen LogP contribution < -0.4 is 16.2 Å². The highest BCUT2D eigenvalue weighted by atomic mass is 19.1. The van der Waals surface area contributed by atoms with Crippen molar-refractivity contribution in [3.05, 3.63) is 82.6 Å². The Morgan fingerprint density at radius 1 is 1.21 bits per heavy atom. The summed E-state index contributed by atoms with van der Waals surface area (Å²) < 4.78 is 40.1. The van der Waals surface area contributed by atoms with Crippen LogP contribution in [0, 0.1) is 11.6 Å². The number of hydrogen-bond donors (Lipinski definition) is 2. The summed E-state index contributed by atoms with van der Waals surface area (Å²) >= 11 is 0. The van der Waals surface area contributed by atoms with E-state index in [1.807, 2.05) is 0 Å². The molecule has 5 aromatic rings. The number of aromatic amines is 1. The average Bonchev–Trinajstić information content (AvgIpc) is 3.46. The number of nitrogens with one attached hydrogen (secondary N) is 1. The average molecular weight is 450 g/mol. The van der Waals surface area contributed by atoms with Gasteiger partial charge in [0.05, 0.1) is 5.69 Å². The van der Waals surface area contributed by atoms with Crippen LogP contribution in [0.1, 0.15) is 18.6 Å². The number of anilines is 1. The zero-order valence-corrected chi connectivity index (χ0v) is 17.1. The van der Waals surface area contributed by atoms with Crippen molar-refractivity contribution < 1.29 is 18.0 Å². The normalized spacial score (nSPS) is 12.2. The number of rotatable bonds is 5. The van der Waals surface area contributed by atoms with Gasteiger partial charge in [-0.25, -0.2) is 23.2 Å². The van der Waals surface area contributed by atoms with E-state index in [-0.39, 0.29) is 28.3 Å². The second-order valence-corrected chi connectivity index (χ2v) is 7.26. The number of pyridine rings is 1. The van der Waals surface area contributed by atoms with Crippen molar-refractivity contribution >= 4 is 16.7 Å². The third kappa shape index (κ3) is 3.80. The van der Waals surface area contributed by atoms with E-state index in [0.717, 1.165) is 12.1 Å². The van der Waals surface area contributed by atoms with Gasteiger partial charge in [-0.15, -0.1) is 0 Å². The van der Waals surface area contributed by atoms with E-state index in [1.54, 1.807) is 48.3 Å². The molecule has 2 aromatic carbocycles. The Morgan fingerprint density at radius 2 is 2.06 bits per heavy atom. The van der Waals surface area contributed by atoms with Crippen LogP contribution in [-0.4, -0.2) is 24.9 Å². The minimum atomic E-state index is -0.813. The number of H-pyrrole nitrogens is 1. The second kappa shape index (κ2) is 7.86. The first-order valence-corrected chi connectivity index (χ1v) is 9.81. The molecule has 1 atom stereocenters. The van der Waals surface area contributed by atoms with Gasteiger partial charge in [-0.05, 0) is 43.3 Å². The fourth-order valence-electron chi connectivity index (χ4n) is 3.55. The molecule has 33 heavy (non-hydrogen) atoms. The molecule has 0 amide bonds. The van der Waals surface area contributed by atoms with Gasteiger partial charge < -0.3 is 10.5 Å². The third-order valence-corrected chi connectivity index (χ3v) is 5.06. The highest BCUT2D eigenvalue weighted by Gasteiger charge is 2.19. The van der Waals surface area contributed by atoms with Gasteiger partial charge >= 0.3 is 5.76 Å². The molecule has 0 aliphatic heterocycles. The fraction of sp³-hybridized carbons (Fsp3) is 0.0909. The number of aromatic nitrogens is 5. The van der Waals surface area contributed by atoms with Gasteiger partial charge in [0.25, 0.3) is 0 Å². The van der Waals surface area contributed by atoms with E-state index in [1.165, 1.54) is 6.07 Å². The molecule has 0 spiro atoms. The number of hydrogen-bond acceptors (Lipinski definition) is 7. The molecule has 3 heterocycles. The van der Waals surface area contributed by atoms with Crippen LogP contribution in [0.2, 0.25) is 0 Å². The lowest BCUT2D eigenvalue weighted by Gasteiger charge is -2.20. The van der Waals surface area contributed by atoms with E-state index in [9.17, 15) is 13.6 Å². The lowest BCUT2D eigenvalue weighted by Crippen LogP contribution is -2.11. The number of fused-ring (bicyclic) bond motifs is 1. The van der Waals surface area contributed by atoms with Crippen molar-refractivity contribution in [2.75, 3.05) is 5.73 Å². The molecule has 0 aliphatic rings. The maximum Gasteiger partial charge on any atom is 0.439 e. The molecule has 3 N–H and O–H groups in total. The van der Waals surface area contributed by atoms with Crippen molar-refractivity contribution in [1.82, 2.24) is 24.9 Å². The van der Waals surface area contributed by atoms with E-state index < -0.39 is 23.5 Å². The predicted octanol–water partition coefficient (Wildman–Crippen LogP) is 3.76. The summed E-state index contributed by atoms with van der Waals surface area (Å²) in [5.74, 6) is -1.86. The molecular formula is C22H16F2N6O3. The number of halogens is 2. The lowest BCUT2D eigenvalue weighted by atomic mass is 10.0. The molecule has 3 aromatic heterocycles. The van der Waals surface area contributed by atoms with Crippen molar-refractivity contribution in [3.63, 3.8) is 0 Å². The van der Waals surface area contributed by atoms with Crippen molar-refractivity contribution in [1.29, 1.82) is 0 Å². The van der Waals surface area contributed by atoms with Gasteiger partial charge in [0.2, 0.25) is 0 Å². The number of nitrogens with zero attached hydrogens (tertiary/aromatic N) is 4.